The van der Waals surface area contributed by atoms with Crippen LogP contribution in [0.5, 0.6) is 0 Å². The molecule has 0 aliphatic carbocycles. The fourth-order valence-corrected chi connectivity index (χ4v) is 4.29. The van der Waals surface area contributed by atoms with E-state index in [0.29, 0.717) is 22.5 Å². The first-order chi connectivity index (χ1) is 14.2. The van der Waals surface area contributed by atoms with Crippen LogP contribution in [0.4, 0.5) is 0 Å². The van der Waals surface area contributed by atoms with E-state index < -0.39 is 0 Å². The molecule has 1 fully saturated rings. The van der Waals surface area contributed by atoms with Crippen LogP contribution in [-0.4, -0.2) is 35.7 Å². The summed E-state index contributed by atoms with van der Waals surface area (Å²) in [5.74, 6) is 1.58. The third-order valence-corrected chi connectivity index (χ3v) is 6.26. The van der Waals surface area contributed by atoms with Crippen molar-refractivity contribution in [2.24, 2.45) is 5.73 Å². The number of hydrogen-bond donors (Lipinski definition) is 3. The summed E-state index contributed by atoms with van der Waals surface area (Å²) in [6.45, 7) is 5.13. The molecule has 29 heavy (non-hydrogen) atoms. The summed E-state index contributed by atoms with van der Waals surface area (Å²) in [6, 6.07) is 12.6. The Kier molecular flexibility index (Phi) is 6.73. The zero-order valence-electron chi connectivity index (χ0n) is 16.4. The average Bonchev–Trinajstić information content (AvgIpc) is 3.08. The van der Waals surface area contributed by atoms with Crippen molar-refractivity contribution >= 4 is 34.2 Å². The molecular weight excluding hydrogens is 405 g/mol. The second-order valence-electron chi connectivity index (χ2n) is 7.62. The zero-order valence-corrected chi connectivity index (χ0v) is 17.9. The molecule has 0 bridgehead atoms. The van der Waals surface area contributed by atoms with Crippen LogP contribution >= 0.6 is 23.2 Å². The number of nitrogens with zero attached hydrogens (tertiary/aromatic N) is 2. The Morgan fingerprint density at radius 2 is 1.76 bits per heavy atom. The van der Waals surface area contributed by atoms with Gasteiger partial charge in [-0.2, -0.15) is 0 Å². The fraction of sp³-hybridized carbons (Fsp3) is 0.409. The topological polar surface area (TPSA) is 67.9 Å². The molecular formula is C22H27Cl2N5. The summed E-state index contributed by atoms with van der Waals surface area (Å²) in [5.41, 5.74) is 10.00. The number of rotatable bonds is 7. The Labute approximate surface area is 181 Å². The molecule has 154 valence electrons. The van der Waals surface area contributed by atoms with Gasteiger partial charge >= 0.3 is 0 Å². The second kappa shape index (κ2) is 9.45. The summed E-state index contributed by atoms with van der Waals surface area (Å²) in [6.07, 6.45) is 2.19. The number of nitrogens with one attached hydrogen (secondary N) is 2. The predicted molar refractivity (Wildman–Crippen MR) is 121 cm³/mol. The molecule has 1 aliphatic rings. The molecule has 1 aliphatic heterocycles. The Balaban J connectivity index is 1.65. The third-order valence-electron chi connectivity index (χ3n) is 5.54. The molecule has 3 aromatic rings. The second-order valence-corrected chi connectivity index (χ2v) is 8.43. The van der Waals surface area contributed by atoms with Gasteiger partial charge in [0.2, 0.25) is 0 Å². The van der Waals surface area contributed by atoms with Crippen molar-refractivity contribution in [2.75, 3.05) is 26.2 Å². The van der Waals surface area contributed by atoms with Gasteiger partial charge in [0.15, 0.2) is 0 Å². The maximum absolute atomic E-state index is 6.34. The van der Waals surface area contributed by atoms with Gasteiger partial charge in [-0.25, -0.2) is 4.98 Å². The summed E-state index contributed by atoms with van der Waals surface area (Å²) in [4.78, 5) is 4.97. The van der Waals surface area contributed by atoms with Gasteiger partial charge in [-0.15, -0.1) is 0 Å². The number of aromatic nitrogens is 2. The van der Waals surface area contributed by atoms with E-state index in [0.717, 1.165) is 62.4 Å². The number of hydrogen-bond acceptors (Lipinski definition) is 4. The first kappa shape index (κ1) is 20.6. The minimum absolute atomic E-state index is 0.445. The van der Waals surface area contributed by atoms with Crippen molar-refractivity contribution in [2.45, 2.75) is 31.8 Å². The summed E-state index contributed by atoms with van der Waals surface area (Å²) < 4.78 is 2.31. The lowest BCUT2D eigenvalue weighted by Gasteiger charge is -2.23. The van der Waals surface area contributed by atoms with Crippen LogP contribution in [0.3, 0.4) is 0 Å². The largest absolute Gasteiger partial charge is 0.329 e. The van der Waals surface area contributed by atoms with Crippen molar-refractivity contribution in [3.05, 3.63) is 63.4 Å². The molecule has 0 radical (unpaired) electrons. The van der Waals surface area contributed by atoms with Crippen LogP contribution in [0, 0.1) is 0 Å². The first-order valence-corrected chi connectivity index (χ1v) is 11.0. The van der Waals surface area contributed by atoms with Crippen LogP contribution in [0.25, 0.3) is 11.0 Å². The molecule has 0 unspecified atom stereocenters. The Bertz CT molecular complexity index is 961. The number of halogens is 2. The maximum atomic E-state index is 6.34. The Morgan fingerprint density at radius 1 is 1.07 bits per heavy atom. The number of benzene rings is 2. The molecule has 0 amide bonds. The quantitative estimate of drug-likeness (QED) is 0.496. The minimum Gasteiger partial charge on any atom is -0.329 e. The van der Waals surface area contributed by atoms with Gasteiger partial charge in [0.25, 0.3) is 0 Å². The third kappa shape index (κ3) is 4.76. The highest BCUT2D eigenvalue weighted by Gasteiger charge is 2.23. The summed E-state index contributed by atoms with van der Waals surface area (Å²) in [5, 5.41) is 7.89. The number of fused-ring (bicyclic) bond motifs is 1. The van der Waals surface area contributed by atoms with E-state index in [2.05, 4.69) is 39.5 Å². The van der Waals surface area contributed by atoms with E-state index in [1.807, 2.05) is 12.1 Å². The number of piperidine rings is 1. The lowest BCUT2D eigenvalue weighted by molar-refractivity contribution is 0.435. The number of imidazole rings is 1. The molecule has 4 rings (SSSR count). The van der Waals surface area contributed by atoms with Gasteiger partial charge in [0, 0.05) is 32.1 Å². The summed E-state index contributed by atoms with van der Waals surface area (Å²) in [7, 11) is 0. The molecule has 0 saturated carbocycles. The van der Waals surface area contributed by atoms with Gasteiger partial charge in [0.05, 0.1) is 21.1 Å². The molecule has 2 aromatic carbocycles. The van der Waals surface area contributed by atoms with E-state index in [1.54, 1.807) is 0 Å². The highest BCUT2D eigenvalue weighted by Crippen LogP contribution is 2.33. The summed E-state index contributed by atoms with van der Waals surface area (Å²) >= 11 is 12.6. The maximum Gasteiger partial charge on any atom is 0.113 e. The van der Waals surface area contributed by atoms with Crippen molar-refractivity contribution in [1.82, 2.24) is 20.2 Å². The van der Waals surface area contributed by atoms with Crippen LogP contribution in [0.2, 0.25) is 10.0 Å². The molecule has 7 heteroatoms. The van der Waals surface area contributed by atoms with Crippen LogP contribution in [0.15, 0.2) is 36.4 Å². The van der Waals surface area contributed by atoms with E-state index in [4.69, 9.17) is 33.9 Å². The van der Waals surface area contributed by atoms with Crippen LogP contribution in [0.1, 0.15) is 35.7 Å². The molecule has 0 spiro atoms. The van der Waals surface area contributed by atoms with Gasteiger partial charge in [-0.1, -0.05) is 47.5 Å². The van der Waals surface area contributed by atoms with Crippen molar-refractivity contribution in [3.8, 4) is 0 Å². The minimum atomic E-state index is 0.445. The van der Waals surface area contributed by atoms with Crippen LogP contribution < -0.4 is 16.4 Å². The molecule has 0 atom stereocenters. The van der Waals surface area contributed by atoms with Gasteiger partial charge in [-0.05, 0) is 49.2 Å². The monoisotopic (exact) mass is 431 g/mol. The Hall–Kier alpha value is -1.63. The smallest absolute Gasteiger partial charge is 0.113 e. The SMILES string of the molecule is NCCNCc1ccc(Cn2c(C3CCNCC3)nc3cc(Cl)c(Cl)cc32)cc1. The van der Waals surface area contributed by atoms with E-state index in [9.17, 15) is 0 Å². The zero-order chi connectivity index (χ0) is 20.2. The molecule has 1 saturated heterocycles. The van der Waals surface area contributed by atoms with Gasteiger partial charge < -0.3 is 20.9 Å². The van der Waals surface area contributed by atoms with E-state index in [1.165, 1.54) is 11.1 Å². The number of nitrogens with two attached hydrogens (primary N) is 1. The van der Waals surface area contributed by atoms with Crippen molar-refractivity contribution < 1.29 is 0 Å². The predicted octanol–water partition coefficient (Wildman–Crippen LogP) is 3.91. The highest BCUT2D eigenvalue weighted by atomic mass is 35.5. The van der Waals surface area contributed by atoms with Crippen molar-refractivity contribution in [3.63, 3.8) is 0 Å². The van der Waals surface area contributed by atoms with Gasteiger partial charge in [-0.3, -0.25) is 0 Å². The molecule has 1 aromatic heterocycles. The van der Waals surface area contributed by atoms with E-state index >= 15 is 0 Å². The van der Waals surface area contributed by atoms with Crippen LogP contribution in [-0.2, 0) is 13.1 Å². The average molecular weight is 432 g/mol. The molecule has 5 nitrogen and oxygen atoms in total. The lowest BCUT2D eigenvalue weighted by Crippen LogP contribution is -2.28. The highest BCUT2D eigenvalue weighted by molar-refractivity contribution is 6.42. The first-order valence-electron chi connectivity index (χ1n) is 10.2. The van der Waals surface area contributed by atoms with Crippen molar-refractivity contribution in [1.29, 1.82) is 0 Å². The fourth-order valence-electron chi connectivity index (χ4n) is 3.98. The van der Waals surface area contributed by atoms with Gasteiger partial charge in [0.1, 0.15) is 5.82 Å². The normalized spacial score (nSPS) is 15.3. The molecule has 4 N–H and O–H groups in total. The standard InChI is InChI=1S/C22H27Cl2N5/c23-18-11-20-21(12-19(18)24)29(22(28-20)17-5-8-26-9-6-17)14-16-3-1-15(2-4-16)13-27-10-7-25/h1-4,11-12,17,26-27H,5-10,13-14,25H2. The lowest BCUT2D eigenvalue weighted by atomic mass is 9.97. The van der Waals surface area contributed by atoms with E-state index in [-0.39, 0.29) is 0 Å². The Morgan fingerprint density at radius 3 is 2.48 bits per heavy atom. The molecule has 2 heterocycles.